The fourth-order valence-electron chi connectivity index (χ4n) is 4.66. The van der Waals surface area contributed by atoms with Crippen LogP contribution in [0.25, 0.3) is 0 Å². The number of hydrogen-bond acceptors (Lipinski definition) is 5. The second kappa shape index (κ2) is 11.0. The monoisotopic (exact) mass is 487 g/mol. The molecule has 2 aliphatic heterocycles. The minimum Gasteiger partial charge on any atom is -0.508 e. The van der Waals surface area contributed by atoms with Gasteiger partial charge in [0, 0.05) is 19.5 Å². The van der Waals surface area contributed by atoms with E-state index >= 15 is 0 Å². The van der Waals surface area contributed by atoms with Crippen molar-refractivity contribution in [3.05, 3.63) is 78.4 Å². The molecule has 2 atom stereocenters. The summed E-state index contributed by atoms with van der Waals surface area (Å²) in [7, 11) is 0. The fourth-order valence-corrected chi connectivity index (χ4v) is 4.66. The molecule has 4 amide bonds. The van der Waals surface area contributed by atoms with E-state index in [0.29, 0.717) is 6.54 Å². The maximum Gasteiger partial charge on any atom is 0.334 e. The van der Waals surface area contributed by atoms with Gasteiger partial charge in [0.1, 0.15) is 18.0 Å². The third kappa shape index (κ3) is 5.19. The molecular formula is C27H29N5O4. The zero-order valence-electron chi connectivity index (χ0n) is 19.9. The number of fused-ring (bicyclic) bond motifs is 1. The van der Waals surface area contributed by atoms with Crippen LogP contribution in [0, 0.1) is 12.3 Å². The van der Waals surface area contributed by atoms with Crippen LogP contribution in [0.3, 0.4) is 0 Å². The molecule has 9 nitrogen and oxygen atoms in total. The van der Waals surface area contributed by atoms with Crippen LogP contribution in [-0.2, 0) is 22.6 Å². The van der Waals surface area contributed by atoms with Crippen molar-refractivity contribution >= 4 is 17.8 Å². The number of terminal acetylenes is 1. The largest absolute Gasteiger partial charge is 0.508 e. The van der Waals surface area contributed by atoms with Gasteiger partial charge in [-0.1, -0.05) is 54.5 Å². The van der Waals surface area contributed by atoms with Crippen LogP contribution < -0.4 is 5.32 Å². The molecule has 0 saturated carbocycles. The van der Waals surface area contributed by atoms with Crippen LogP contribution in [0.5, 0.6) is 5.75 Å². The van der Waals surface area contributed by atoms with E-state index in [-0.39, 0.29) is 56.2 Å². The highest BCUT2D eigenvalue weighted by Crippen LogP contribution is 2.28. The summed E-state index contributed by atoms with van der Waals surface area (Å²) in [5.41, 5.74) is 1.71. The summed E-state index contributed by atoms with van der Waals surface area (Å²) in [6.07, 6.45) is 6.66. The Morgan fingerprint density at radius 1 is 1.14 bits per heavy atom. The number of carbonyl (C=O) groups is 3. The quantitative estimate of drug-likeness (QED) is 0.457. The van der Waals surface area contributed by atoms with Gasteiger partial charge in [-0.2, -0.15) is 0 Å². The van der Waals surface area contributed by atoms with Crippen molar-refractivity contribution in [2.45, 2.75) is 25.2 Å². The number of urea groups is 1. The van der Waals surface area contributed by atoms with Crippen molar-refractivity contribution in [1.29, 1.82) is 0 Å². The molecule has 186 valence electrons. The predicted molar refractivity (Wildman–Crippen MR) is 134 cm³/mol. The van der Waals surface area contributed by atoms with E-state index in [1.54, 1.807) is 23.2 Å². The summed E-state index contributed by atoms with van der Waals surface area (Å²) >= 11 is 0. The molecule has 0 aromatic heterocycles. The third-order valence-electron chi connectivity index (χ3n) is 6.31. The summed E-state index contributed by atoms with van der Waals surface area (Å²) < 4.78 is 0. The van der Waals surface area contributed by atoms with Gasteiger partial charge in [-0.15, -0.1) is 13.0 Å². The molecule has 2 fully saturated rings. The smallest absolute Gasteiger partial charge is 0.334 e. The molecule has 2 aliphatic rings. The van der Waals surface area contributed by atoms with Gasteiger partial charge >= 0.3 is 6.03 Å². The number of phenols is 1. The summed E-state index contributed by atoms with van der Waals surface area (Å²) in [5.74, 6) is 2.09. The maximum atomic E-state index is 13.5. The zero-order valence-corrected chi connectivity index (χ0v) is 19.9. The number of rotatable bonds is 7. The highest BCUT2D eigenvalue weighted by Gasteiger charge is 2.51. The van der Waals surface area contributed by atoms with Crippen molar-refractivity contribution in [3.8, 4) is 18.1 Å². The lowest BCUT2D eigenvalue weighted by Crippen LogP contribution is -2.76. The van der Waals surface area contributed by atoms with Crippen LogP contribution in [0.2, 0.25) is 0 Å². The van der Waals surface area contributed by atoms with E-state index in [9.17, 15) is 19.5 Å². The number of phenolic OH excluding ortho intramolecular Hbond substituents is 1. The van der Waals surface area contributed by atoms with Gasteiger partial charge in [0.05, 0.1) is 19.6 Å². The average Bonchev–Trinajstić information content (AvgIpc) is 2.87. The molecule has 9 heteroatoms. The van der Waals surface area contributed by atoms with Crippen LogP contribution in [0.4, 0.5) is 4.79 Å². The van der Waals surface area contributed by atoms with Crippen molar-refractivity contribution in [3.63, 3.8) is 0 Å². The Balaban J connectivity index is 1.66. The van der Waals surface area contributed by atoms with Gasteiger partial charge < -0.3 is 20.2 Å². The first-order chi connectivity index (χ1) is 17.4. The van der Waals surface area contributed by atoms with Crippen molar-refractivity contribution in [1.82, 2.24) is 25.1 Å². The molecule has 2 heterocycles. The molecule has 36 heavy (non-hydrogen) atoms. The first-order valence-electron chi connectivity index (χ1n) is 11.7. The molecule has 2 saturated heterocycles. The van der Waals surface area contributed by atoms with Gasteiger partial charge in [-0.25, -0.2) is 14.8 Å². The summed E-state index contributed by atoms with van der Waals surface area (Å²) in [5, 5.41) is 15.7. The molecule has 2 aromatic carbocycles. The summed E-state index contributed by atoms with van der Waals surface area (Å²) in [6, 6.07) is 14.8. The first kappa shape index (κ1) is 24.8. The molecule has 4 rings (SSSR count). The Morgan fingerprint density at radius 3 is 2.53 bits per heavy atom. The number of aromatic hydroxyl groups is 1. The Bertz CT molecular complexity index is 1160. The Hall–Kier alpha value is -4.29. The van der Waals surface area contributed by atoms with Gasteiger partial charge in [0.2, 0.25) is 11.8 Å². The van der Waals surface area contributed by atoms with E-state index < -0.39 is 12.2 Å². The van der Waals surface area contributed by atoms with E-state index in [4.69, 9.17) is 6.42 Å². The number of carbonyl (C=O) groups excluding carboxylic acids is 3. The molecule has 0 spiro atoms. The molecule has 0 unspecified atom stereocenters. The lowest BCUT2D eigenvalue weighted by molar-refractivity contribution is -0.188. The second-order valence-electron chi connectivity index (χ2n) is 8.72. The third-order valence-corrected chi connectivity index (χ3v) is 6.31. The minimum atomic E-state index is -0.843. The maximum absolute atomic E-state index is 13.5. The predicted octanol–water partition coefficient (Wildman–Crippen LogP) is 1.56. The number of piperazine rings is 1. The highest BCUT2D eigenvalue weighted by molar-refractivity contribution is 5.91. The Labute approximate surface area is 210 Å². The van der Waals surface area contributed by atoms with Gasteiger partial charge in [0.15, 0.2) is 0 Å². The molecule has 2 N–H and O–H groups in total. The molecule has 2 aromatic rings. The van der Waals surface area contributed by atoms with Crippen molar-refractivity contribution in [2.75, 3.05) is 26.2 Å². The SMILES string of the molecule is C#CCN1C[C@H]2N(C(=O)CN(CC=C)N2C(=O)NCc2ccccc2)[C@@H](Cc2ccc(O)cc2)C1=O. The van der Waals surface area contributed by atoms with Gasteiger partial charge in [0.25, 0.3) is 0 Å². The molecule has 0 radical (unpaired) electrons. The number of benzene rings is 2. The number of nitrogens with one attached hydrogen (secondary N) is 1. The lowest BCUT2D eigenvalue weighted by Gasteiger charge is -2.54. The van der Waals surface area contributed by atoms with E-state index in [2.05, 4.69) is 17.8 Å². The topological polar surface area (TPSA) is 96.4 Å². The van der Waals surface area contributed by atoms with Gasteiger partial charge in [-0.3, -0.25) is 9.59 Å². The average molecular weight is 488 g/mol. The van der Waals surface area contributed by atoms with Crippen LogP contribution in [-0.4, -0.2) is 81.2 Å². The molecule has 0 aliphatic carbocycles. The van der Waals surface area contributed by atoms with Crippen LogP contribution in [0.1, 0.15) is 11.1 Å². The zero-order chi connectivity index (χ0) is 25.7. The van der Waals surface area contributed by atoms with Crippen LogP contribution >= 0.6 is 0 Å². The Kier molecular flexibility index (Phi) is 7.56. The number of amides is 4. The van der Waals surface area contributed by atoms with Gasteiger partial charge in [-0.05, 0) is 23.3 Å². The van der Waals surface area contributed by atoms with Crippen molar-refractivity contribution in [2.24, 2.45) is 0 Å². The number of nitrogens with zero attached hydrogens (tertiary/aromatic N) is 4. The summed E-state index contributed by atoms with van der Waals surface area (Å²) in [4.78, 5) is 43.3. The van der Waals surface area contributed by atoms with Crippen LogP contribution in [0.15, 0.2) is 67.3 Å². The van der Waals surface area contributed by atoms with Crippen molar-refractivity contribution < 1.29 is 19.5 Å². The standard InChI is InChI=1S/C27H29N5O4/c1-3-14-29-18-24-31(23(26(29)35)16-20-10-12-22(33)13-11-20)25(34)19-30(15-4-2)32(24)27(36)28-17-21-8-6-5-7-9-21/h1,4-13,23-24,33H,2,14-19H2,(H,28,36)/t23-,24-/m0/s1. The van der Waals surface area contributed by atoms with E-state index in [1.807, 2.05) is 30.3 Å². The number of hydrogen-bond donors (Lipinski definition) is 2. The first-order valence-corrected chi connectivity index (χ1v) is 11.7. The number of hydrazine groups is 1. The molecule has 0 bridgehead atoms. The lowest BCUT2D eigenvalue weighted by atomic mass is 9.98. The Morgan fingerprint density at radius 2 is 1.86 bits per heavy atom. The normalized spacial score (nSPS) is 20.0. The summed E-state index contributed by atoms with van der Waals surface area (Å²) in [6.45, 7) is 4.43. The van der Waals surface area contributed by atoms with E-state index in [1.165, 1.54) is 26.9 Å². The highest BCUT2D eigenvalue weighted by atomic mass is 16.3. The minimum absolute atomic E-state index is 0.0599. The molecular weight excluding hydrogens is 458 g/mol. The van der Waals surface area contributed by atoms with E-state index in [0.717, 1.165) is 11.1 Å². The second-order valence-corrected chi connectivity index (χ2v) is 8.72. The fraction of sp³-hybridized carbons (Fsp3) is 0.296.